The number of nitrogens with one attached hydrogen (secondary N) is 3. The van der Waals surface area contributed by atoms with Gasteiger partial charge in [0.1, 0.15) is 11.5 Å². The summed E-state index contributed by atoms with van der Waals surface area (Å²) in [6.45, 7) is 4.01. The molecule has 1 aromatic carbocycles. The Morgan fingerprint density at radius 1 is 1.19 bits per heavy atom. The van der Waals surface area contributed by atoms with Crippen LogP contribution in [0.2, 0.25) is 0 Å². The lowest BCUT2D eigenvalue weighted by molar-refractivity contribution is -0.121. The molecule has 0 saturated heterocycles. The van der Waals surface area contributed by atoms with Gasteiger partial charge >= 0.3 is 0 Å². The molecule has 3 rings (SSSR count). The molecular formula is C19H22N6O2. The number of benzene rings is 1. The van der Waals surface area contributed by atoms with Crippen molar-refractivity contribution in [2.24, 2.45) is 5.92 Å². The summed E-state index contributed by atoms with van der Waals surface area (Å²) in [5.74, 6) is 0.331. The van der Waals surface area contributed by atoms with E-state index in [1.807, 2.05) is 24.3 Å². The highest BCUT2D eigenvalue weighted by Crippen LogP contribution is 2.21. The number of rotatable bonds is 7. The number of carbonyl (C=O) groups excluding carboxylic acids is 2. The number of aromatic amines is 1. The number of carbonyl (C=O) groups is 2. The van der Waals surface area contributed by atoms with Crippen LogP contribution in [-0.4, -0.2) is 38.3 Å². The van der Waals surface area contributed by atoms with Gasteiger partial charge in [-0.2, -0.15) is 0 Å². The third kappa shape index (κ3) is 4.87. The van der Waals surface area contributed by atoms with E-state index in [-0.39, 0.29) is 24.2 Å². The monoisotopic (exact) mass is 366 g/mol. The summed E-state index contributed by atoms with van der Waals surface area (Å²) in [6.07, 6.45) is 4.98. The zero-order valence-electron chi connectivity index (χ0n) is 15.3. The molecule has 0 spiro atoms. The van der Waals surface area contributed by atoms with Crippen molar-refractivity contribution < 1.29 is 9.59 Å². The molecule has 3 N–H and O–H groups in total. The van der Waals surface area contributed by atoms with E-state index in [0.29, 0.717) is 11.7 Å². The van der Waals surface area contributed by atoms with Crippen molar-refractivity contribution in [3.8, 4) is 0 Å². The summed E-state index contributed by atoms with van der Waals surface area (Å²) in [6, 6.07) is 7.46. The minimum absolute atomic E-state index is 0.149. The van der Waals surface area contributed by atoms with Crippen molar-refractivity contribution in [3.05, 3.63) is 54.4 Å². The van der Waals surface area contributed by atoms with Crippen LogP contribution in [0.1, 0.15) is 42.6 Å². The van der Waals surface area contributed by atoms with Gasteiger partial charge in [-0.05, 0) is 24.5 Å². The maximum absolute atomic E-state index is 12.4. The molecule has 140 valence electrons. The Bertz CT molecular complexity index is 889. The van der Waals surface area contributed by atoms with Gasteiger partial charge in [-0.25, -0.2) is 9.97 Å². The van der Waals surface area contributed by atoms with Gasteiger partial charge in [0.05, 0.1) is 29.8 Å². The van der Waals surface area contributed by atoms with Crippen molar-refractivity contribution in [1.29, 1.82) is 0 Å². The first kappa shape index (κ1) is 18.5. The minimum atomic E-state index is -0.442. The molecule has 2 aromatic heterocycles. The quantitative estimate of drug-likeness (QED) is 0.592. The van der Waals surface area contributed by atoms with E-state index in [0.717, 1.165) is 17.5 Å². The van der Waals surface area contributed by atoms with E-state index in [9.17, 15) is 9.59 Å². The third-order valence-electron chi connectivity index (χ3n) is 3.99. The Kier molecular flexibility index (Phi) is 5.75. The number of hydrogen-bond donors (Lipinski definition) is 3. The number of aromatic nitrogens is 4. The molecule has 0 bridgehead atoms. The average molecular weight is 366 g/mol. The molecule has 0 aliphatic carbocycles. The number of imidazole rings is 1. The highest BCUT2D eigenvalue weighted by Gasteiger charge is 2.20. The van der Waals surface area contributed by atoms with E-state index >= 15 is 0 Å². The maximum Gasteiger partial charge on any atom is 0.271 e. The number of fused-ring (bicyclic) bond motifs is 1. The number of hydrogen-bond acceptors (Lipinski definition) is 5. The van der Waals surface area contributed by atoms with Crippen LogP contribution < -0.4 is 10.6 Å². The van der Waals surface area contributed by atoms with Crippen LogP contribution >= 0.6 is 0 Å². The highest BCUT2D eigenvalue weighted by atomic mass is 16.2. The van der Waals surface area contributed by atoms with Crippen LogP contribution in [0.25, 0.3) is 11.0 Å². The Morgan fingerprint density at radius 2 is 2.00 bits per heavy atom. The lowest BCUT2D eigenvalue weighted by Gasteiger charge is -2.19. The van der Waals surface area contributed by atoms with Gasteiger partial charge < -0.3 is 15.6 Å². The van der Waals surface area contributed by atoms with Gasteiger partial charge in [0.2, 0.25) is 5.91 Å². The molecule has 2 amide bonds. The smallest absolute Gasteiger partial charge is 0.271 e. The molecule has 0 radical (unpaired) electrons. The number of para-hydroxylation sites is 2. The number of amides is 2. The minimum Gasteiger partial charge on any atom is -0.345 e. The zero-order valence-corrected chi connectivity index (χ0v) is 15.3. The van der Waals surface area contributed by atoms with Gasteiger partial charge in [0.25, 0.3) is 5.91 Å². The second kappa shape index (κ2) is 8.39. The molecule has 3 aromatic rings. The van der Waals surface area contributed by atoms with E-state index in [1.54, 1.807) is 0 Å². The summed E-state index contributed by atoms with van der Waals surface area (Å²) in [5, 5.41) is 5.50. The molecule has 0 saturated carbocycles. The second-order valence-corrected chi connectivity index (χ2v) is 6.66. The summed E-state index contributed by atoms with van der Waals surface area (Å²) >= 11 is 0. The highest BCUT2D eigenvalue weighted by molar-refractivity contribution is 5.94. The Balaban J connectivity index is 1.65. The molecule has 8 nitrogen and oxygen atoms in total. The van der Waals surface area contributed by atoms with Gasteiger partial charge in [0, 0.05) is 12.4 Å². The maximum atomic E-state index is 12.4. The van der Waals surface area contributed by atoms with Crippen LogP contribution in [0.5, 0.6) is 0 Å². The third-order valence-corrected chi connectivity index (χ3v) is 3.99. The van der Waals surface area contributed by atoms with Crippen LogP contribution in [-0.2, 0) is 4.79 Å². The van der Waals surface area contributed by atoms with E-state index in [4.69, 9.17) is 0 Å². The largest absolute Gasteiger partial charge is 0.345 e. The lowest BCUT2D eigenvalue weighted by atomic mass is 10.0. The molecular weight excluding hydrogens is 344 g/mol. The molecule has 1 atom stereocenters. The lowest BCUT2D eigenvalue weighted by Crippen LogP contribution is -2.39. The molecule has 2 heterocycles. The first-order valence-corrected chi connectivity index (χ1v) is 8.81. The summed E-state index contributed by atoms with van der Waals surface area (Å²) in [5.41, 5.74) is 1.94. The van der Waals surface area contributed by atoms with Crippen LogP contribution in [0.4, 0.5) is 0 Å². The average Bonchev–Trinajstić information content (AvgIpc) is 3.10. The van der Waals surface area contributed by atoms with Crippen molar-refractivity contribution in [2.45, 2.75) is 26.3 Å². The SMILES string of the molecule is CC(C)CC(NC(=O)CNC(=O)c1cnccn1)c1nc2ccccc2[nH]1. The van der Waals surface area contributed by atoms with Crippen molar-refractivity contribution >= 4 is 22.8 Å². The Hall–Kier alpha value is -3.29. The molecule has 1 unspecified atom stereocenters. The Labute approximate surface area is 156 Å². The number of nitrogens with zero attached hydrogens (tertiary/aromatic N) is 3. The van der Waals surface area contributed by atoms with E-state index in [1.165, 1.54) is 18.6 Å². The van der Waals surface area contributed by atoms with Crippen LogP contribution in [0.3, 0.4) is 0 Å². The molecule has 0 aliphatic rings. The fourth-order valence-electron chi connectivity index (χ4n) is 2.76. The first-order chi connectivity index (χ1) is 13.0. The topological polar surface area (TPSA) is 113 Å². The van der Waals surface area contributed by atoms with Gasteiger partial charge in [-0.15, -0.1) is 0 Å². The van der Waals surface area contributed by atoms with Gasteiger partial charge in [-0.3, -0.25) is 14.6 Å². The van der Waals surface area contributed by atoms with Crippen molar-refractivity contribution in [1.82, 2.24) is 30.6 Å². The molecule has 0 fully saturated rings. The van der Waals surface area contributed by atoms with Crippen LogP contribution in [0.15, 0.2) is 42.9 Å². The van der Waals surface area contributed by atoms with Crippen molar-refractivity contribution in [3.63, 3.8) is 0 Å². The van der Waals surface area contributed by atoms with Crippen LogP contribution in [0, 0.1) is 5.92 Å². The number of H-pyrrole nitrogens is 1. The second-order valence-electron chi connectivity index (χ2n) is 6.66. The van der Waals surface area contributed by atoms with Gasteiger partial charge in [0.15, 0.2) is 0 Å². The normalized spacial score (nSPS) is 12.1. The van der Waals surface area contributed by atoms with E-state index < -0.39 is 5.91 Å². The molecule has 27 heavy (non-hydrogen) atoms. The van der Waals surface area contributed by atoms with E-state index in [2.05, 4.69) is 44.4 Å². The summed E-state index contributed by atoms with van der Waals surface area (Å²) < 4.78 is 0. The Morgan fingerprint density at radius 3 is 2.70 bits per heavy atom. The predicted octanol–water partition coefficient (Wildman–Crippen LogP) is 1.99. The summed E-state index contributed by atoms with van der Waals surface area (Å²) in [4.78, 5) is 39.9. The zero-order chi connectivity index (χ0) is 19.2. The first-order valence-electron chi connectivity index (χ1n) is 8.81. The van der Waals surface area contributed by atoms with Gasteiger partial charge in [-0.1, -0.05) is 26.0 Å². The fraction of sp³-hybridized carbons (Fsp3) is 0.316. The fourth-order valence-corrected chi connectivity index (χ4v) is 2.76. The standard InChI is InChI=1S/C19H22N6O2/c1-12(2)9-15(18-24-13-5-3-4-6-14(13)25-18)23-17(26)11-22-19(27)16-10-20-7-8-21-16/h3-8,10,12,15H,9,11H2,1-2H3,(H,22,27)(H,23,26)(H,24,25). The molecule has 0 aliphatic heterocycles. The molecule has 8 heteroatoms. The van der Waals surface area contributed by atoms with Crippen molar-refractivity contribution in [2.75, 3.05) is 6.54 Å². The predicted molar refractivity (Wildman–Crippen MR) is 101 cm³/mol. The summed E-state index contributed by atoms with van der Waals surface area (Å²) in [7, 11) is 0.